The van der Waals surface area contributed by atoms with Crippen LogP contribution in [0, 0.1) is 0 Å². The highest BCUT2D eigenvalue weighted by Gasteiger charge is 2.36. The summed E-state index contributed by atoms with van der Waals surface area (Å²) in [6.45, 7) is 1.55. The molecule has 2 aromatic rings. The molecule has 1 atom stereocenters. The molecule has 0 aliphatic carbocycles. The van der Waals surface area contributed by atoms with E-state index in [1.165, 1.54) is 0 Å². The van der Waals surface area contributed by atoms with Crippen molar-refractivity contribution in [3.8, 4) is 0 Å². The van der Waals surface area contributed by atoms with Crippen LogP contribution >= 0.6 is 0 Å². The number of aromatic nitrogens is 3. The van der Waals surface area contributed by atoms with Gasteiger partial charge in [-0.1, -0.05) is 6.07 Å². The van der Waals surface area contributed by atoms with E-state index >= 15 is 0 Å². The number of β-amino-alcohol motifs (C(OH)–C–C–N with tert-alkyl or cyclic N) is 1. The van der Waals surface area contributed by atoms with Crippen LogP contribution < -0.4 is 4.90 Å². The number of hydrogen-bond acceptors (Lipinski definition) is 6. The summed E-state index contributed by atoms with van der Waals surface area (Å²) in [4.78, 5) is 28.6. The lowest BCUT2D eigenvalue weighted by Gasteiger charge is -2.41. The number of carbonyl (C=O) groups is 1. The predicted molar refractivity (Wildman–Crippen MR) is 98.6 cm³/mol. The number of amides is 1. The van der Waals surface area contributed by atoms with Gasteiger partial charge in [-0.05, 0) is 37.0 Å². The molecule has 0 spiro atoms. The Morgan fingerprint density at radius 2 is 2.12 bits per heavy atom. The van der Waals surface area contributed by atoms with E-state index in [0.717, 1.165) is 18.5 Å². The Bertz CT molecular complexity index is 712. The van der Waals surface area contributed by atoms with E-state index in [-0.39, 0.29) is 5.91 Å². The summed E-state index contributed by atoms with van der Waals surface area (Å²) in [7, 11) is 1.75. The van der Waals surface area contributed by atoms with Gasteiger partial charge in [0.15, 0.2) is 0 Å². The third kappa shape index (κ3) is 4.76. The van der Waals surface area contributed by atoms with Gasteiger partial charge in [0.05, 0.1) is 18.7 Å². The fourth-order valence-corrected chi connectivity index (χ4v) is 3.38. The van der Waals surface area contributed by atoms with Gasteiger partial charge in [-0.25, -0.2) is 9.97 Å². The van der Waals surface area contributed by atoms with Gasteiger partial charge < -0.3 is 14.9 Å². The fraction of sp³-hybridized carbons (Fsp3) is 0.474. The molecular weight excluding hydrogens is 330 g/mol. The van der Waals surface area contributed by atoms with Crippen LogP contribution in [0.2, 0.25) is 0 Å². The van der Waals surface area contributed by atoms with Crippen molar-refractivity contribution in [3.05, 3.63) is 48.5 Å². The smallest absolute Gasteiger partial charge is 0.225 e. The number of aryl methyl sites for hydroxylation is 1. The van der Waals surface area contributed by atoms with Gasteiger partial charge in [-0.2, -0.15) is 0 Å². The molecule has 1 N–H and O–H groups in total. The first-order valence-electron chi connectivity index (χ1n) is 8.93. The van der Waals surface area contributed by atoms with Gasteiger partial charge >= 0.3 is 0 Å². The van der Waals surface area contributed by atoms with Crippen LogP contribution in [0.5, 0.6) is 0 Å². The summed E-state index contributed by atoms with van der Waals surface area (Å²) in [6, 6.07) is 5.61. The zero-order valence-corrected chi connectivity index (χ0v) is 15.1. The van der Waals surface area contributed by atoms with Crippen molar-refractivity contribution in [1.29, 1.82) is 0 Å². The fourth-order valence-electron chi connectivity index (χ4n) is 3.38. The lowest BCUT2D eigenvalue weighted by Crippen LogP contribution is -2.55. The molecule has 0 bridgehead atoms. The van der Waals surface area contributed by atoms with Gasteiger partial charge in [-0.15, -0.1) is 0 Å². The van der Waals surface area contributed by atoms with Crippen molar-refractivity contribution in [3.63, 3.8) is 0 Å². The molecule has 0 unspecified atom stereocenters. The van der Waals surface area contributed by atoms with Gasteiger partial charge in [0, 0.05) is 44.8 Å². The zero-order chi connectivity index (χ0) is 18.4. The van der Waals surface area contributed by atoms with Crippen molar-refractivity contribution >= 4 is 11.9 Å². The highest BCUT2D eigenvalue weighted by Crippen LogP contribution is 2.24. The minimum atomic E-state index is -0.948. The monoisotopic (exact) mass is 355 g/mol. The molecule has 7 nitrogen and oxygen atoms in total. The molecule has 0 saturated carbocycles. The molecule has 26 heavy (non-hydrogen) atoms. The van der Waals surface area contributed by atoms with Gasteiger partial charge in [0.2, 0.25) is 11.9 Å². The molecule has 138 valence electrons. The van der Waals surface area contributed by atoms with E-state index in [1.54, 1.807) is 42.8 Å². The van der Waals surface area contributed by atoms with Gasteiger partial charge in [0.25, 0.3) is 0 Å². The third-order valence-electron chi connectivity index (χ3n) is 4.70. The van der Waals surface area contributed by atoms with E-state index in [4.69, 9.17) is 0 Å². The second-order valence-electron chi connectivity index (χ2n) is 6.91. The second kappa shape index (κ2) is 8.23. The average Bonchev–Trinajstić information content (AvgIpc) is 2.67. The summed E-state index contributed by atoms with van der Waals surface area (Å²) in [5, 5.41) is 11.0. The standard InChI is InChI=1S/C19H25N5O2/c1-23(17(25)7-6-16-5-2-9-20-13-16)14-19(26)8-3-12-24(15-19)18-21-10-4-11-22-18/h2,4-5,9-11,13,26H,3,6-8,12,14-15H2,1H3/t19-/m1/s1. The predicted octanol–water partition coefficient (Wildman–Crippen LogP) is 1.29. The Labute approximate surface area is 153 Å². The first kappa shape index (κ1) is 18.3. The van der Waals surface area contributed by atoms with Crippen molar-refractivity contribution < 1.29 is 9.90 Å². The maximum atomic E-state index is 12.4. The Hall–Kier alpha value is -2.54. The molecular formula is C19H25N5O2. The summed E-state index contributed by atoms with van der Waals surface area (Å²) in [5.41, 5.74) is 0.0916. The zero-order valence-electron chi connectivity index (χ0n) is 15.1. The molecule has 3 heterocycles. The molecule has 2 aromatic heterocycles. The Morgan fingerprint density at radius 3 is 2.85 bits per heavy atom. The number of nitrogens with zero attached hydrogens (tertiary/aromatic N) is 5. The number of carbonyl (C=O) groups excluding carboxylic acids is 1. The van der Waals surface area contributed by atoms with E-state index < -0.39 is 5.60 Å². The van der Waals surface area contributed by atoms with E-state index in [2.05, 4.69) is 15.0 Å². The first-order valence-corrected chi connectivity index (χ1v) is 8.93. The normalized spacial score (nSPS) is 20.0. The van der Waals surface area contributed by atoms with Crippen molar-refractivity contribution in [2.24, 2.45) is 0 Å². The molecule has 1 fully saturated rings. The molecule has 1 aliphatic rings. The van der Waals surface area contributed by atoms with Crippen LogP contribution in [-0.2, 0) is 11.2 Å². The topological polar surface area (TPSA) is 82.5 Å². The van der Waals surface area contributed by atoms with E-state index in [1.807, 2.05) is 17.0 Å². The Kier molecular flexibility index (Phi) is 5.78. The maximum Gasteiger partial charge on any atom is 0.225 e. The van der Waals surface area contributed by atoms with E-state index in [0.29, 0.717) is 38.3 Å². The lowest BCUT2D eigenvalue weighted by atomic mass is 9.92. The summed E-state index contributed by atoms with van der Waals surface area (Å²) in [6.07, 6.45) is 9.46. The minimum absolute atomic E-state index is 0.0235. The largest absolute Gasteiger partial charge is 0.386 e. The van der Waals surface area contributed by atoms with Crippen LogP contribution in [-0.4, -0.2) is 63.1 Å². The molecule has 1 aliphatic heterocycles. The number of likely N-dealkylation sites (N-methyl/N-ethyl adjacent to an activating group) is 1. The minimum Gasteiger partial charge on any atom is -0.386 e. The summed E-state index contributed by atoms with van der Waals surface area (Å²) >= 11 is 0. The lowest BCUT2D eigenvalue weighted by molar-refractivity contribution is -0.133. The number of rotatable bonds is 6. The van der Waals surface area contributed by atoms with Crippen LogP contribution in [0.1, 0.15) is 24.8 Å². The SMILES string of the molecule is CN(C[C@]1(O)CCCN(c2ncccn2)C1)C(=O)CCc1cccnc1. The highest BCUT2D eigenvalue weighted by atomic mass is 16.3. The van der Waals surface area contributed by atoms with Crippen LogP contribution in [0.15, 0.2) is 43.0 Å². The number of aliphatic hydroxyl groups is 1. The highest BCUT2D eigenvalue weighted by molar-refractivity contribution is 5.76. The molecule has 0 aromatic carbocycles. The first-order chi connectivity index (χ1) is 12.6. The third-order valence-corrected chi connectivity index (χ3v) is 4.70. The summed E-state index contributed by atoms with van der Waals surface area (Å²) < 4.78 is 0. The number of piperidine rings is 1. The van der Waals surface area contributed by atoms with Crippen molar-refractivity contribution in [2.45, 2.75) is 31.3 Å². The van der Waals surface area contributed by atoms with Crippen LogP contribution in [0.25, 0.3) is 0 Å². The quantitative estimate of drug-likeness (QED) is 0.841. The van der Waals surface area contributed by atoms with Gasteiger partial charge in [0.1, 0.15) is 0 Å². The summed E-state index contributed by atoms with van der Waals surface area (Å²) in [5.74, 6) is 0.645. The maximum absolute atomic E-state index is 12.4. The Balaban J connectivity index is 1.55. The van der Waals surface area contributed by atoms with Gasteiger partial charge in [-0.3, -0.25) is 9.78 Å². The molecule has 1 amide bonds. The second-order valence-corrected chi connectivity index (χ2v) is 6.91. The van der Waals surface area contributed by atoms with E-state index in [9.17, 15) is 9.90 Å². The molecule has 3 rings (SSSR count). The van der Waals surface area contributed by atoms with Crippen molar-refractivity contribution in [1.82, 2.24) is 19.9 Å². The average molecular weight is 355 g/mol. The van der Waals surface area contributed by atoms with Crippen LogP contribution in [0.3, 0.4) is 0 Å². The number of pyridine rings is 1. The molecule has 0 radical (unpaired) electrons. The number of anilines is 1. The van der Waals surface area contributed by atoms with Crippen molar-refractivity contribution in [2.75, 3.05) is 31.6 Å². The van der Waals surface area contributed by atoms with Crippen LogP contribution in [0.4, 0.5) is 5.95 Å². The number of hydrogen-bond donors (Lipinski definition) is 1. The molecule has 7 heteroatoms. The molecule has 1 saturated heterocycles. The Morgan fingerprint density at radius 1 is 1.31 bits per heavy atom.